The first-order valence-corrected chi connectivity index (χ1v) is 13.2. The second-order valence-electron chi connectivity index (χ2n) is 8.48. The van der Waals surface area contributed by atoms with Gasteiger partial charge in [-0.3, -0.25) is 9.59 Å². The third kappa shape index (κ3) is 25.9. The van der Waals surface area contributed by atoms with Gasteiger partial charge < -0.3 is 9.47 Å². The minimum absolute atomic E-state index is 0.0964. The van der Waals surface area contributed by atoms with E-state index in [0.29, 0.717) is 12.8 Å². The zero-order valence-corrected chi connectivity index (χ0v) is 21.7. The topological polar surface area (TPSA) is 52.6 Å². The first-order valence-electron chi connectivity index (χ1n) is 13.2. The summed E-state index contributed by atoms with van der Waals surface area (Å²) >= 11 is 0. The first-order chi connectivity index (χ1) is 16.7. The highest BCUT2D eigenvalue weighted by Gasteiger charge is 1.99. The van der Waals surface area contributed by atoms with Gasteiger partial charge >= 0.3 is 11.9 Å². The molecule has 0 spiro atoms. The number of ether oxygens (including phenoxy) is 2. The number of carbonyl (C=O) groups excluding carboxylic acids is 2. The number of esters is 2. The van der Waals surface area contributed by atoms with Crippen molar-refractivity contribution >= 4 is 11.9 Å². The molecule has 192 valence electrons. The summed E-state index contributed by atoms with van der Waals surface area (Å²) < 4.78 is 9.28. The lowest BCUT2D eigenvalue weighted by molar-refractivity contribution is -0.141. The van der Waals surface area contributed by atoms with Gasteiger partial charge in [0, 0.05) is 12.8 Å². The highest BCUT2D eigenvalue weighted by atomic mass is 16.5. The van der Waals surface area contributed by atoms with Crippen molar-refractivity contribution in [1.29, 1.82) is 0 Å². The fourth-order valence-electron chi connectivity index (χ4n) is 3.42. The lowest BCUT2D eigenvalue weighted by Gasteiger charge is -2.00. The average Bonchev–Trinajstić information content (AvgIpc) is 2.85. The molecule has 0 bridgehead atoms. The van der Waals surface area contributed by atoms with Gasteiger partial charge in [0.25, 0.3) is 0 Å². The van der Waals surface area contributed by atoms with E-state index in [0.717, 1.165) is 38.5 Å². The van der Waals surface area contributed by atoms with Gasteiger partial charge in [-0.1, -0.05) is 112 Å². The van der Waals surface area contributed by atoms with Crippen LogP contribution in [0.2, 0.25) is 0 Å². The van der Waals surface area contributed by atoms with E-state index in [1.165, 1.54) is 65.6 Å². The molecule has 0 rings (SSSR count). The van der Waals surface area contributed by atoms with Crippen LogP contribution in [0.25, 0.3) is 0 Å². The van der Waals surface area contributed by atoms with Gasteiger partial charge in [0.05, 0.1) is 14.2 Å². The summed E-state index contributed by atoms with van der Waals surface area (Å²) in [6, 6.07) is 0. The van der Waals surface area contributed by atoms with Gasteiger partial charge in [-0.25, -0.2) is 0 Å². The number of hydrogen-bond acceptors (Lipinski definition) is 4. The largest absolute Gasteiger partial charge is 0.469 e. The second kappa shape index (κ2) is 26.9. The Kier molecular flexibility index (Phi) is 25.0. The van der Waals surface area contributed by atoms with Gasteiger partial charge in [0.15, 0.2) is 0 Å². The summed E-state index contributed by atoms with van der Waals surface area (Å²) in [6.45, 7) is 0. The molecular formula is C30H48O4. The van der Waals surface area contributed by atoms with E-state index in [1.54, 1.807) is 0 Å². The van der Waals surface area contributed by atoms with E-state index in [1.807, 2.05) is 12.2 Å². The van der Waals surface area contributed by atoms with Crippen molar-refractivity contribution < 1.29 is 19.1 Å². The minimum Gasteiger partial charge on any atom is -0.469 e. The monoisotopic (exact) mass is 472 g/mol. The van der Waals surface area contributed by atoms with Crippen LogP contribution in [0.15, 0.2) is 60.8 Å². The molecule has 0 aliphatic rings. The number of methoxy groups -OCH3 is 2. The van der Waals surface area contributed by atoms with Crippen LogP contribution in [0.1, 0.15) is 103 Å². The molecule has 0 saturated carbocycles. The Morgan fingerprint density at radius 3 is 1.09 bits per heavy atom. The van der Waals surface area contributed by atoms with Gasteiger partial charge in [0.1, 0.15) is 0 Å². The summed E-state index contributed by atoms with van der Waals surface area (Å²) in [5.74, 6) is -0.193. The van der Waals surface area contributed by atoms with Crippen molar-refractivity contribution in [1.82, 2.24) is 0 Å². The molecule has 0 fully saturated rings. The summed E-state index contributed by atoms with van der Waals surface area (Å²) in [6.07, 6.45) is 38.3. The molecule has 4 heteroatoms. The SMILES string of the molecule is COC(=O)CCCCCCCC\C=C/C=C/C=C/C=C/C=C\CCCCCCCCC(=O)OC. The quantitative estimate of drug-likeness (QED) is 0.0902. The lowest BCUT2D eigenvalue weighted by atomic mass is 10.1. The number of hydrogen-bond donors (Lipinski definition) is 0. The Morgan fingerprint density at radius 2 is 0.735 bits per heavy atom. The molecule has 0 aliphatic carbocycles. The molecule has 0 amide bonds. The third-order valence-corrected chi connectivity index (χ3v) is 5.51. The smallest absolute Gasteiger partial charge is 0.305 e. The van der Waals surface area contributed by atoms with Crippen LogP contribution >= 0.6 is 0 Å². The number of unbranched alkanes of at least 4 members (excludes halogenated alkanes) is 12. The molecule has 0 saturated heterocycles. The normalized spacial score (nSPS) is 12.2. The predicted octanol–water partition coefficient (Wildman–Crippen LogP) is 8.36. The molecule has 0 aromatic rings. The van der Waals surface area contributed by atoms with Crippen molar-refractivity contribution in [3.05, 3.63) is 60.8 Å². The maximum atomic E-state index is 11.0. The fourth-order valence-corrected chi connectivity index (χ4v) is 3.42. The Hall–Kier alpha value is -2.36. The van der Waals surface area contributed by atoms with E-state index < -0.39 is 0 Å². The number of carbonyl (C=O) groups is 2. The van der Waals surface area contributed by atoms with Crippen molar-refractivity contribution in [3.63, 3.8) is 0 Å². The first kappa shape index (κ1) is 31.6. The standard InChI is InChI=1S/C30H48O4/c1-33-29(31)27-25-23-21-19-17-15-13-11-9-7-5-3-4-6-8-10-12-14-16-18-20-22-24-26-28-30(32)34-2/h3-12H,13-28H2,1-2H3/b4-3+,7-5+,8-6+,11-9-,12-10-. The molecule has 0 unspecified atom stereocenters. The Bertz CT molecular complexity index is 572. The van der Waals surface area contributed by atoms with Gasteiger partial charge in [-0.15, -0.1) is 0 Å². The molecule has 0 aromatic heterocycles. The lowest BCUT2D eigenvalue weighted by Crippen LogP contribution is -1.99. The van der Waals surface area contributed by atoms with Crippen molar-refractivity contribution in [2.24, 2.45) is 0 Å². The summed E-state index contributed by atoms with van der Waals surface area (Å²) in [5, 5.41) is 0. The minimum atomic E-state index is -0.0964. The second-order valence-corrected chi connectivity index (χ2v) is 8.48. The maximum absolute atomic E-state index is 11.0. The molecule has 4 nitrogen and oxygen atoms in total. The van der Waals surface area contributed by atoms with Crippen LogP contribution in [0.5, 0.6) is 0 Å². The fraction of sp³-hybridized carbons (Fsp3) is 0.600. The third-order valence-electron chi connectivity index (χ3n) is 5.51. The average molecular weight is 473 g/mol. The van der Waals surface area contributed by atoms with E-state index >= 15 is 0 Å². The van der Waals surface area contributed by atoms with Crippen LogP contribution in [0.3, 0.4) is 0 Å². The highest BCUT2D eigenvalue weighted by Crippen LogP contribution is 2.10. The van der Waals surface area contributed by atoms with E-state index in [2.05, 4.69) is 58.1 Å². The van der Waals surface area contributed by atoms with Gasteiger partial charge in [-0.05, 0) is 38.5 Å². The molecule has 0 radical (unpaired) electrons. The highest BCUT2D eigenvalue weighted by molar-refractivity contribution is 5.69. The van der Waals surface area contributed by atoms with Crippen molar-refractivity contribution in [3.8, 4) is 0 Å². The summed E-state index contributed by atoms with van der Waals surface area (Å²) in [7, 11) is 2.90. The van der Waals surface area contributed by atoms with Crippen molar-refractivity contribution in [2.75, 3.05) is 14.2 Å². The van der Waals surface area contributed by atoms with Crippen LogP contribution in [-0.2, 0) is 19.1 Å². The molecule has 0 atom stereocenters. The molecule has 34 heavy (non-hydrogen) atoms. The number of rotatable bonds is 22. The molecule has 0 aromatic carbocycles. The Balaban J connectivity index is 3.46. The maximum Gasteiger partial charge on any atom is 0.305 e. The van der Waals surface area contributed by atoms with Gasteiger partial charge in [0.2, 0.25) is 0 Å². The molecule has 0 N–H and O–H groups in total. The van der Waals surface area contributed by atoms with Crippen LogP contribution in [0.4, 0.5) is 0 Å². The number of allylic oxidation sites excluding steroid dienone is 10. The molecular weight excluding hydrogens is 424 g/mol. The summed E-state index contributed by atoms with van der Waals surface area (Å²) in [5.41, 5.74) is 0. The van der Waals surface area contributed by atoms with Crippen LogP contribution in [-0.4, -0.2) is 26.2 Å². The van der Waals surface area contributed by atoms with E-state index in [4.69, 9.17) is 0 Å². The zero-order chi connectivity index (χ0) is 25.0. The Morgan fingerprint density at radius 1 is 0.441 bits per heavy atom. The van der Waals surface area contributed by atoms with E-state index in [9.17, 15) is 9.59 Å². The summed E-state index contributed by atoms with van der Waals surface area (Å²) in [4.78, 5) is 22.0. The van der Waals surface area contributed by atoms with Gasteiger partial charge in [-0.2, -0.15) is 0 Å². The van der Waals surface area contributed by atoms with Crippen LogP contribution < -0.4 is 0 Å². The predicted molar refractivity (Wildman–Crippen MR) is 144 cm³/mol. The van der Waals surface area contributed by atoms with Crippen molar-refractivity contribution in [2.45, 2.75) is 103 Å². The zero-order valence-electron chi connectivity index (χ0n) is 21.7. The van der Waals surface area contributed by atoms with E-state index in [-0.39, 0.29) is 11.9 Å². The molecule has 0 aliphatic heterocycles. The molecule has 0 heterocycles. The van der Waals surface area contributed by atoms with Crippen LogP contribution in [0, 0.1) is 0 Å². The Labute approximate surface area is 208 Å².